The van der Waals surface area contributed by atoms with Crippen LogP contribution < -0.4 is 19.1 Å². The second-order valence-electron chi connectivity index (χ2n) is 6.18. The van der Waals surface area contributed by atoms with E-state index in [1.807, 2.05) is 26.0 Å². The van der Waals surface area contributed by atoms with Gasteiger partial charge in [-0.2, -0.15) is 0 Å². The largest absolute Gasteiger partial charge is 0.493 e. The molecule has 0 saturated heterocycles. The Balaban J connectivity index is 2.25. The number of amides is 1. The minimum atomic E-state index is -3.64. The molecular formula is C19H24N2O5S. The van der Waals surface area contributed by atoms with Gasteiger partial charge in [0.15, 0.2) is 11.5 Å². The molecule has 0 heterocycles. The minimum absolute atomic E-state index is 0.336. The van der Waals surface area contributed by atoms with Gasteiger partial charge in [-0.15, -0.1) is 0 Å². The number of sulfonamides is 1. The molecule has 2 aromatic carbocycles. The minimum Gasteiger partial charge on any atom is -0.493 e. The number of rotatable bonds is 7. The number of hydrogen-bond acceptors (Lipinski definition) is 5. The van der Waals surface area contributed by atoms with Gasteiger partial charge >= 0.3 is 0 Å². The summed E-state index contributed by atoms with van der Waals surface area (Å²) in [4.78, 5) is 12.5. The lowest BCUT2D eigenvalue weighted by Crippen LogP contribution is -2.37. The third kappa shape index (κ3) is 5.13. The fraction of sp³-hybridized carbons (Fsp3) is 0.316. The molecule has 0 aromatic heterocycles. The highest BCUT2D eigenvalue weighted by Gasteiger charge is 2.22. The van der Waals surface area contributed by atoms with E-state index in [2.05, 4.69) is 5.32 Å². The fourth-order valence-corrected chi connectivity index (χ4v) is 3.63. The molecule has 27 heavy (non-hydrogen) atoms. The van der Waals surface area contributed by atoms with Gasteiger partial charge in [0.1, 0.15) is 6.54 Å². The average molecular weight is 392 g/mol. The number of ether oxygens (including phenoxy) is 2. The van der Waals surface area contributed by atoms with Crippen molar-refractivity contribution in [1.29, 1.82) is 0 Å². The van der Waals surface area contributed by atoms with Gasteiger partial charge in [0, 0.05) is 11.8 Å². The molecule has 2 aromatic rings. The Bertz CT molecular complexity index is 941. The third-order valence-electron chi connectivity index (χ3n) is 3.98. The molecule has 0 fully saturated rings. The highest BCUT2D eigenvalue weighted by molar-refractivity contribution is 7.92. The number of nitrogens with zero attached hydrogens (tertiary/aromatic N) is 1. The Morgan fingerprint density at radius 2 is 1.70 bits per heavy atom. The number of anilines is 2. The zero-order chi connectivity index (χ0) is 20.2. The first-order valence-electron chi connectivity index (χ1n) is 8.22. The fourth-order valence-electron chi connectivity index (χ4n) is 2.71. The van der Waals surface area contributed by atoms with Crippen LogP contribution in [0.15, 0.2) is 36.4 Å². The van der Waals surface area contributed by atoms with Crippen LogP contribution in [0.3, 0.4) is 0 Å². The molecule has 0 saturated carbocycles. The monoisotopic (exact) mass is 392 g/mol. The van der Waals surface area contributed by atoms with Crippen LogP contribution in [-0.4, -0.2) is 41.3 Å². The molecule has 0 spiro atoms. The van der Waals surface area contributed by atoms with Gasteiger partial charge in [-0.1, -0.05) is 17.7 Å². The molecule has 0 atom stereocenters. The van der Waals surface area contributed by atoms with Crippen molar-refractivity contribution in [3.8, 4) is 11.5 Å². The number of carbonyl (C=O) groups excluding carboxylic acids is 1. The van der Waals surface area contributed by atoms with E-state index in [0.717, 1.165) is 21.7 Å². The topological polar surface area (TPSA) is 84.9 Å². The normalized spacial score (nSPS) is 11.0. The van der Waals surface area contributed by atoms with Crippen LogP contribution in [0.2, 0.25) is 0 Å². The number of nitrogens with one attached hydrogen (secondary N) is 1. The molecule has 0 radical (unpaired) electrons. The summed E-state index contributed by atoms with van der Waals surface area (Å²) in [5.74, 6) is 0.529. The third-order valence-corrected chi connectivity index (χ3v) is 5.10. The molecular weight excluding hydrogens is 368 g/mol. The van der Waals surface area contributed by atoms with E-state index in [1.54, 1.807) is 24.3 Å². The second-order valence-corrected chi connectivity index (χ2v) is 8.08. The number of aryl methyl sites for hydroxylation is 2. The van der Waals surface area contributed by atoms with Gasteiger partial charge in [-0.25, -0.2) is 8.42 Å². The van der Waals surface area contributed by atoms with Gasteiger partial charge in [0.05, 0.1) is 26.2 Å². The van der Waals surface area contributed by atoms with E-state index in [9.17, 15) is 13.2 Å². The summed E-state index contributed by atoms with van der Waals surface area (Å²) in [6, 6.07) is 10.3. The van der Waals surface area contributed by atoms with Crippen LogP contribution in [0, 0.1) is 13.8 Å². The quantitative estimate of drug-likeness (QED) is 0.783. The maximum Gasteiger partial charge on any atom is 0.245 e. The number of carbonyl (C=O) groups is 1. The molecule has 0 aliphatic carbocycles. The van der Waals surface area contributed by atoms with Crippen LogP contribution in [0.4, 0.5) is 11.4 Å². The summed E-state index contributed by atoms with van der Waals surface area (Å²) < 4.78 is 36.0. The summed E-state index contributed by atoms with van der Waals surface area (Å²) in [7, 11) is -0.623. The van der Waals surface area contributed by atoms with Crippen molar-refractivity contribution < 1.29 is 22.7 Å². The highest BCUT2D eigenvalue weighted by atomic mass is 32.2. The van der Waals surface area contributed by atoms with Gasteiger partial charge in [0.25, 0.3) is 0 Å². The predicted octanol–water partition coefficient (Wildman–Crippen LogP) is 2.73. The molecule has 0 aliphatic rings. The van der Waals surface area contributed by atoms with Crippen molar-refractivity contribution in [2.24, 2.45) is 0 Å². The standard InChI is InChI=1S/C19H24N2O5S/c1-13-6-8-16(14(2)10-13)21(27(5,23)24)12-19(22)20-15-7-9-17(25-3)18(11-15)26-4/h6-11H,12H2,1-5H3,(H,20,22). The summed E-state index contributed by atoms with van der Waals surface area (Å²) in [6.45, 7) is 3.40. The first-order valence-corrected chi connectivity index (χ1v) is 10.1. The maximum absolute atomic E-state index is 12.5. The van der Waals surface area contributed by atoms with Crippen molar-refractivity contribution in [2.75, 3.05) is 36.6 Å². The van der Waals surface area contributed by atoms with Crippen LogP contribution in [-0.2, 0) is 14.8 Å². The van der Waals surface area contributed by atoms with Crippen molar-refractivity contribution >= 4 is 27.3 Å². The molecule has 8 heteroatoms. The number of methoxy groups -OCH3 is 2. The Morgan fingerprint density at radius 1 is 1.04 bits per heavy atom. The molecule has 1 N–H and O–H groups in total. The van der Waals surface area contributed by atoms with Crippen LogP contribution >= 0.6 is 0 Å². The van der Waals surface area contributed by atoms with Gasteiger partial charge in [-0.05, 0) is 37.6 Å². The van der Waals surface area contributed by atoms with Crippen LogP contribution in [0.5, 0.6) is 11.5 Å². The lowest BCUT2D eigenvalue weighted by Gasteiger charge is -2.24. The maximum atomic E-state index is 12.5. The Morgan fingerprint density at radius 3 is 2.26 bits per heavy atom. The molecule has 0 aliphatic heterocycles. The molecule has 7 nitrogen and oxygen atoms in total. The van der Waals surface area contributed by atoms with Gasteiger partial charge in [-0.3, -0.25) is 9.10 Å². The Hall–Kier alpha value is -2.74. The SMILES string of the molecule is COc1ccc(NC(=O)CN(c2ccc(C)cc2C)S(C)(=O)=O)cc1OC. The average Bonchev–Trinajstić information content (AvgIpc) is 2.59. The van der Waals surface area contributed by atoms with E-state index < -0.39 is 15.9 Å². The molecule has 146 valence electrons. The van der Waals surface area contributed by atoms with Crippen LogP contribution in [0.1, 0.15) is 11.1 Å². The Labute approximate surface area is 160 Å². The van der Waals surface area contributed by atoms with E-state index in [4.69, 9.17) is 9.47 Å². The van der Waals surface area contributed by atoms with E-state index >= 15 is 0 Å². The van der Waals surface area contributed by atoms with E-state index in [-0.39, 0.29) is 6.54 Å². The molecule has 2 rings (SSSR count). The summed E-state index contributed by atoms with van der Waals surface area (Å²) >= 11 is 0. The smallest absolute Gasteiger partial charge is 0.245 e. The van der Waals surface area contributed by atoms with Crippen LogP contribution in [0.25, 0.3) is 0 Å². The van der Waals surface area contributed by atoms with Gasteiger partial charge < -0.3 is 14.8 Å². The molecule has 0 bridgehead atoms. The van der Waals surface area contributed by atoms with E-state index in [0.29, 0.717) is 22.9 Å². The van der Waals surface area contributed by atoms with Crippen molar-refractivity contribution in [3.05, 3.63) is 47.5 Å². The first kappa shape index (κ1) is 20.6. The van der Waals surface area contributed by atoms with E-state index in [1.165, 1.54) is 14.2 Å². The van der Waals surface area contributed by atoms with Gasteiger partial charge in [0.2, 0.25) is 15.9 Å². The first-order chi connectivity index (χ1) is 12.7. The lowest BCUT2D eigenvalue weighted by molar-refractivity contribution is -0.114. The number of benzene rings is 2. The number of hydrogen-bond donors (Lipinski definition) is 1. The molecule has 0 unspecified atom stereocenters. The summed E-state index contributed by atoms with van der Waals surface area (Å²) in [5.41, 5.74) is 2.75. The van der Waals surface area contributed by atoms with Crippen molar-refractivity contribution in [3.63, 3.8) is 0 Å². The predicted molar refractivity (Wildman–Crippen MR) is 106 cm³/mol. The summed E-state index contributed by atoms with van der Waals surface area (Å²) in [5, 5.41) is 2.69. The van der Waals surface area contributed by atoms with Crippen molar-refractivity contribution in [2.45, 2.75) is 13.8 Å². The Kier molecular flexibility index (Phi) is 6.32. The zero-order valence-electron chi connectivity index (χ0n) is 16.1. The van der Waals surface area contributed by atoms with Crippen molar-refractivity contribution in [1.82, 2.24) is 0 Å². The summed E-state index contributed by atoms with van der Waals surface area (Å²) in [6.07, 6.45) is 1.08. The highest BCUT2D eigenvalue weighted by Crippen LogP contribution is 2.30. The second kappa shape index (κ2) is 8.30. The molecule has 1 amide bonds. The lowest BCUT2D eigenvalue weighted by atomic mass is 10.1. The zero-order valence-corrected chi connectivity index (χ0v) is 16.9.